The zero-order valence-electron chi connectivity index (χ0n) is 20.9. The van der Waals surface area contributed by atoms with Gasteiger partial charge in [-0.15, -0.1) is 0 Å². The molecule has 1 N–H and O–H groups in total. The van der Waals surface area contributed by atoms with Gasteiger partial charge in [0.05, 0.1) is 19.5 Å². The third-order valence-electron chi connectivity index (χ3n) is 6.88. The van der Waals surface area contributed by atoms with Crippen molar-refractivity contribution in [2.24, 2.45) is 5.92 Å². The van der Waals surface area contributed by atoms with Gasteiger partial charge in [0.15, 0.2) is 14.7 Å². The highest BCUT2D eigenvalue weighted by molar-refractivity contribution is 7.92. The molecule has 36 heavy (non-hydrogen) atoms. The van der Waals surface area contributed by atoms with Gasteiger partial charge in [0, 0.05) is 25.4 Å². The lowest BCUT2D eigenvalue weighted by atomic mass is 10.1. The van der Waals surface area contributed by atoms with E-state index in [9.17, 15) is 23.1 Å². The first kappa shape index (κ1) is 26.0. The molecule has 2 aliphatic rings. The fourth-order valence-electron chi connectivity index (χ4n) is 4.71. The second kappa shape index (κ2) is 10.5. The minimum atomic E-state index is -4.25. The smallest absolute Gasteiger partial charge is 0.281 e. The van der Waals surface area contributed by atoms with E-state index in [1.54, 1.807) is 23.1 Å². The number of sulfone groups is 1. The molecule has 0 bridgehead atoms. The van der Waals surface area contributed by atoms with Gasteiger partial charge in [-0.3, -0.25) is 14.2 Å². The predicted molar refractivity (Wildman–Crippen MR) is 133 cm³/mol. The molecule has 1 saturated heterocycles. The molecule has 0 atom stereocenters. The molecule has 1 aliphatic heterocycles. The molecule has 1 aromatic heterocycles. The van der Waals surface area contributed by atoms with Crippen LogP contribution in [0.4, 0.5) is 0 Å². The van der Waals surface area contributed by atoms with Crippen LogP contribution in [0.2, 0.25) is 0 Å². The Kier molecular flexibility index (Phi) is 7.58. The maximum absolute atomic E-state index is 13.9. The zero-order valence-corrected chi connectivity index (χ0v) is 21.7. The molecule has 2 aromatic rings. The number of hydrogen-bond donors (Lipinski definition) is 1. The van der Waals surface area contributed by atoms with Crippen LogP contribution >= 0.6 is 0 Å². The minimum absolute atomic E-state index is 0.0603. The van der Waals surface area contributed by atoms with E-state index in [1.165, 1.54) is 18.8 Å². The molecule has 1 aliphatic carbocycles. The third kappa shape index (κ3) is 4.80. The number of carbonyl (C=O) groups excluding carboxylic acids is 1. The Morgan fingerprint density at radius 1 is 1.11 bits per heavy atom. The molecular formula is C25H33N3O7S. The lowest BCUT2D eigenvalue weighted by molar-refractivity contribution is -0.133. The summed E-state index contributed by atoms with van der Waals surface area (Å²) in [7, 11) is -1.37. The first-order valence-corrected chi connectivity index (χ1v) is 13.9. The highest BCUT2D eigenvalue weighted by atomic mass is 32.2. The van der Waals surface area contributed by atoms with Crippen molar-refractivity contribution >= 4 is 15.7 Å². The molecule has 4 rings (SSSR count). The number of ether oxygens (including phenoxy) is 2. The number of nitrogens with zero attached hydrogens (tertiary/aromatic N) is 3. The van der Waals surface area contributed by atoms with Crippen LogP contribution in [0.15, 0.2) is 27.9 Å². The Bertz CT molecular complexity index is 1270. The standard InChI is InChI=1S/C25H33N3O7S/c1-4-5-9-20-26-23(29)22(25(31)28(20)21-18(34-2)7-6-8-19(21)35-3)36(32,33)17-12-14-27(15-13-17)24(30)16-10-11-16/h6-8,16-17,29H,4-5,9-15H2,1-3H3. The Balaban J connectivity index is 1.80. The number of unbranched alkanes of at least 4 members (excludes halogenated alkanes) is 1. The molecule has 2 fully saturated rings. The largest absolute Gasteiger partial charge is 0.494 e. The SMILES string of the molecule is CCCCc1nc(O)c(S(=O)(=O)C2CCN(C(=O)C3CC3)CC2)c(=O)n1-c1c(OC)cccc1OC. The Labute approximate surface area is 210 Å². The number of piperidine rings is 1. The average molecular weight is 520 g/mol. The van der Waals surface area contributed by atoms with Gasteiger partial charge in [-0.2, -0.15) is 4.98 Å². The lowest BCUT2D eigenvalue weighted by Gasteiger charge is -2.32. The van der Waals surface area contributed by atoms with Crippen molar-refractivity contribution in [3.05, 3.63) is 34.4 Å². The number of likely N-dealkylation sites (tertiary alicyclic amines) is 1. The summed E-state index contributed by atoms with van der Waals surface area (Å²) in [5, 5.41) is 9.85. The summed E-state index contributed by atoms with van der Waals surface area (Å²) in [5.74, 6) is 0.152. The zero-order chi connectivity index (χ0) is 26.0. The van der Waals surface area contributed by atoms with Crippen molar-refractivity contribution in [3.8, 4) is 23.1 Å². The minimum Gasteiger partial charge on any atom is -0.494 e. The highest BCUT2D eigenvalue weighted by Gasteiger charge is 2.40. The van der Waals surface area contributed by atoms with Crippen LogP contribution in [-0.2, 0) is 21.1 Å². The molecule has 0 unspecified atom stereocenters. The van der Waals surface area contributed by atoms with Crippen LogP contribution in [-0.4, -0.2) is 66.4 Å². The number of aromatic nitrogens is 2. The van der Waals surface area contributed by atoms with E-state index >= 15 is 0 Å². The van der Waals surface area contributed by atoms with Crippen LogP contribution < -0.4 is 15.0 Å². The third-order valence-corrected chi connectivity index (χ3v) is 9.15. The van der Waals surface area contributed by atoms with Gasteiger partial charge in [-0.05, 0) is 44.2 Å². The first-order valence-electron chi connectivity index (χ1n) is 12.3. The Morgan fingerprint density at radius 3 is 2.25 bits per heavy atom. The second-order valence-corrected chi connectivity index (χ2v) is 11.4. The fourth-order valence-corrected chi connectivity index (χ4v) is 6.51. The van der Waals surface area contributed by atoms with Gasteiger partial charge in [0.25, 0.3) is 5.56 Å². The van der Waals surface area contributed by atoms with E-state index in [0.29, 0.717) is 37.4 Å². The predicted octanol–water partition coefficient (Wildman–Crippen LogP) is 2.47. The number of para-hydroxylation sites is 1. The van der Waals surface area contributed by atoms with Crippen molar-refractivity contribution in [3.63, 3.8) is 0 Å². The van der Waals surface area contributed by atoms with Crippen LogP contribution in [0.5, 0.6) is 17.4 Å². The van der Waals surface area contributed by atoms with E-state index in [-0.39, 0.29) is 36.2 Å². The van der Waals surface area contributed by atoms with Crippen LogP contribution in [0.25, 0.3) is 5.69 Å². The average Bonchev–Trinajstić information content (AvgIpc) is 3.72. The van der Waals surface area contributed by atoms with Gasteiger partial charge < -0.3 is 19.5 Å². The summed E-state index contributed by atoms with van der Waals surface area (Å²) in [4.78, 5) is 31.4. The molecule has 10 nitrogen and oxygen atoms in total. The number of methoxy groups -OCH3 is 2. The fraction of sp³-hybridized carbons (Fsp3) is 0.560. The number of benzene rings is 1. The second-order valence-electron chi connectivity index (χ2n) is 9.28. The molecule has 11 heteroatoms. The van der Waals surface area contributed by atoms with Crippen LogP contribution in [0.3, 0.4) is 0 Å². The van der Waals surface area contributed by atoms with Crippen LogP contribution in [0, 0.1) is 5.92 Å². The summed E-state index contributed by atoms with van der Waals surface area (Å²) in [6.07, 6.45) is 3.95. The molecule has 0 radical (unpaired) electrons. The maximum atomic E-state index is 13.9. The highest BCUT2D eigenvalue weighted by Crippen LogP contribution is 2.36. The maximum Gasteiger partial charge on any atom is 0.281 e. The van der Waals surface area contributed by atoms with Crippen LogP contribution in [0.1, 0.15) is 51.3 Å². The van der Waals surface area contributed by atoms with Crippen molar-refractivity contribution < 1.29 is 27.8 Å². The van der Waals surface area contributed by atoms with Gasteiger partial charge in [-0.1, -0.05) is 19.4 Å². The van der Waals surface area contributed by atoms with Crippen molar-refractivity contribution in [2.75, 3.05) is 27.3 Å². The number of hydrogen-bond acceptors (Lipinski definition) is 8. The quantitative estimate of drug-likeness (QED) is 0.535. The first-order chi connectivity index (χ1) is 17.2. The molecular weight excluding hydrogens is 486 g/mol. The van der Waals surface area contributed by atoms with E-state index in [1.807, 2.05) is 6.92 Å². The number of amides is 1. The van der Waals surface area contributed by atoms with Crippen molar-refractivity contribution in [2.45, 2.75) is 62.0 Å². The van der Waals surface area contributed by atoms with Gasteiger partial charge in [-0.25, -0.2) is 8.42 Å². The number of aryl methyl sites for hydroxylation is 1. The molecule has 2 heterocycles. The monoisotopic (exact) mass is 519 g/mol. The summed E-state index contributed by atoms with van der Waals surface area (Å²) in [6, 6.07) is 4.98. The lowest BCUT2D eigenvalue weighted by Crippen LogP contribution is -2.44. The Morgan fingerprint density at radius 2 is 1.72 bits per heavy atom. The topological polar surface area (TPSA) is 128 Å². The summed E-state index contributed by atoms with van der Waals surface area (Å²) >= 11 is 0. The van der Waals surface area contributed by atoms with Gasteiger partial charge in [0.1, 0.15) is 23.0 Å². The van der Waals surface area contributed by atoms with E-state index < -0.39 is 31.4 Å². The van der Waals surface area contributed by atoms with E-state index in [4.69, 9.17) is 9.47 Å². The van der Waals surface area contributed by atoms with E-state index in [0.717, 1.165) is 19.3 Å². The summed E-state index contributed by atoms with van der Waals surface area (Å²) < 4.78 is 39.5. The van der Waals surface area contributed by atoms with Gasteiger partial charge in [0.2, 0.25) is 11.8 Å². The molecule has 1 saturated carbocycles. The van der Waals surface area contributed by atoms with E-state index in [2.05, 4.69) is 4.98 Å². The molecule has 1 aromatic carbocycles. The molecule has 196 valence electrons. The normalized spacial score (nSPS) is 16.7. The summed E-state index contributed by atoms with van der Waals surface area (Å²) in [6.45, 7) is 2.58. The number of rotatable bonds is 9. The number of aromatic hydroxyl groups is 1. The number of carbonyl (C=O) groups is 1. The van der Waals surface area contributed by atoms with Crippen molar-refractivity contribution in [1.29, 1.82) is 0 Å². The van der Waals surface area contributed by atoms with Gasteiger partial charge >= 0.3 is 0 Å². The molecule has 1 amide bonds. The molecule has 0 spiro atoms. The summed E-state index contributed by atoms with van der Waals surface area (Å²) in [5.41, 5.74) is -0.666. The van der Waals surface area contributed by atoms with Crippen molar-refractivity contribution in [1.82, 2.24) is 14.5 Å². The Hall–Kier alpha value is -3.08.